The maximum absolute atomic E-state index is 11.8. The zero-order valence-electron chi connectivity index (χ0n) is 10.8. The fraction of sp³-hybridized carbons (Fsp3) is 0.286. The van der Waals surface area contributed by atoms with Gasteiger partial charge in [-0.05, 0) is 30.5 Å². The normalized spacial score (nSPS) is 22.9. The van der Waals surface area contributed by atoms with Crippen LogP contribution in [0.15, 0.2) is 35.6 Å². The molecule has 1 atom stereocenters. The van der Waals surface area contributed by atoms with Gasteiger partial charge in [-0.25, -0.2) is 0 Å². The smallest absolute Gasteiger partial charge is 0.159 e. The molecule has 0 aliphatic carbocycles. The number of rotatable bonds is 2. The zero-order chi connectivity index (χ0) is 13.6. The van der Waals surface area contributed by atoms with Crippen molar-refractivity contribution in [3.05, 3.63) is 35.5 Å². The van der Waals surface area contributed by atoms with Crippen molar-refractivity contribution in [1.29, 1.82) is 0 Å². The first-order valence-corrected chi connectivity index (χ1v) is 6.45. The van der Waals surface area contributed by atoms with Crippen LogP contribution in [0.3, 0.4) is 0 Å². The van der Waals surface area contributed by atoms with Crippen molar-refractivity contribution < 1.29 is 4.79 Å². The molecule has 19 heavy (non-hydrogen) atoms. The predicted octanol–water partition coefficient (Wildman–Crippen LogP) is 2.51. The molecule has 1 aromatic carbocycles. The first-order chi connectivity index (χ1) is 9.06. The Hall–Kier alpha value is -1.81. The highest BCUT2D eigenvalue weighted by atomic mass is 35.5. The second-order valence-electron chi connectivity index (χ2n) is 4.93. The van der Waals surface area contributed by atoms with Crippen molar-refractivity contribution in [3.8, 4) is 0 Å². The van der Waals surface area contributed by atoms with E-state index in [4.69, 9.17) is 11.6 Å². The lowest BCUT2D eigenvalue weighted by molar-refractivity contribution is -0.112. The molecule has 4 nitrogen and oxygen atoms in total. The summed E-state index contributed by atoms with van der Waals surface area (Å²) in [5, 5.41) is 7.88. The molecule has 2 heterocycles. The molecule has 1 unspecified atom stereocenters. The molecular weight excluding hydrogens is 262 g/mol. The Kier molecular flexibility index (Phi) is 2.64. The molecule has 1 aliphatic rings. The van der Waals surface area contributed by atoms with Crippen molar-refractivity contribution in [2.24, 2.45) is 5.10 Å². The zero-order valence-corrected chi connectivity index (χ0v) is 11.6. The van der Waals surface area contributed by atoms with Crippen LogP contribution in [0, 0.1) is 0 Å². The fourth-order valence-corrected chi connectivity index (χ4v) is 2.89. The molecule has 0 saturated heterocycles. The molecule has 0 saturated carbocycles. The maximum atomic E-state index is 11.8. The van der Waals surface area contributed by atoms with E-state index in [0.29, 0.717) is 11.6 Å². The molecule has 0 amide bonds. The molecule has 1 aliphatic heterocycles. The van der Waals surface area contributed by atoms with Crippen molar-refractivity contribution >= 4 is 34.5 Å². The van der Waals surface area contributed by atoms with E-state index in [1.807, 2.05) is 49.0 Å². The van der Waals surface area contributed by atoms with Gasteiger partial charge in [-0.15, -0.1) is 0 Å². The Labute approximate surface area is 116 Å². The van der Waals surface area contributed by atoms with E-state index in [9.17, 15) is 4.79 Å². The van der Waals surface area contributed by atoms with E-state index >= 15 is 0 Å². The summed E-state index contributed by atoms with van der Waals surface area (Å²) < 4.78 is 1.96. The number of carbonyl (C=O) groups is 1. The van der Waals surface area contributed by atoms with Crippen molar-refractivity contribution in [2.75, 3.05) is 13.6 Å². The van der Waals surface area contributed by atoms with E-state index < -0.39 is 5.54 Å². The van der Waals surface area contributed by atoms with Crippen LogP contribution in [0.25, 0.3) is 10.9 Å². The highest BCUT2D eigenvalue weighted by molar-refractivity contribution is 6.31. The molecule has 2 aromatic rings. The molecule has 1 aromatic heterocycles. The lowest BCUT2D eigenvalue weighted by Gasteiger charge is -2.26. The van der Waals surface area contributed by atoms with E-state index in [2.05, 4.69) is 5.10 Å². The summed E-state index contributed by atoms with van der Waals surface area (Å²) in [6.07, 6.45) is 2.89. The number of hydrogen-bond acceptors (Lipinski definition) is 3. The van der Waals surface area contributed by atoms with Gasteiger partial charge in [0.1, 0.15) is 0 Å². The number of halogens is 1. The third-order valence-electron chi connectivity index (χ3n) is 3.70. The van der Waals surface area contributed by atoms with Gasteiger partial charge in [0.25, 0.3) is 0 Å². The van der Waals surface area contributed by atoms with Crippen molar-refractivity contribution in [3.63, 3.8) is 0 Å². The molecule has 5 heteroatoms. The second-order valence-corrected chi connectivity index (χ2v) is 5.37. The molecule has 0 radical (unpaired) electrons. The fourth-order valence-electron chi connectivity index (χ4n) is 2.72. The molecule has 0 fully saturated rings. The Morgan fingerprint density at radius 3 is 2.84 bits per heavy atom. The van der Waals surface area contributed by atoms with Crippen LogP contribution in [0.1, 0.15) is 6.92 Å². The lowest BCUT2D eigenvalue weighted by atomic mass is 9.96. The Balaban J connectivity index is 2.26. The average molecular weight is 276 g/mol. The van der Waals surface area contributed by atoms with E-state index in [1.54, 1.807) is 5.01 Å². The number of hydrazone groups is 1. The Morgan fingerprint density at radius 2 is 2.21 bits per heavy atom. The maximum Gasteiger partial charge on any atom is 0.159 e. The number of carbonyl (C=O) groups excluding carboxylic acids is 1. The van der Waals surface area contributed by atoms with Crippen LogP contribution in [0.4, 0.5) is 0 Å². The number of hydrogen-bond donors (Lipinski definition) is 0. The number of aldehydes is 1. The number of nitrogens with zero attached hydrogens (tertiary/aromatic N) is 3. The topological polar surface area (TPSA) is 37.6 Å². The van der Waals surface area contributed by atoms with Crippen molar-refractivity contribution in [2.45, 2.75) is 12.5 Å². The quantitative estimate of drug-likeness (QED) is 0.790. The highest BCUT2D eigenvalue weighted by Crippen LogP contribution is 2.30. The van der Waals surface area contributed by atoms with Gasteiger partial charge in [0.15, 0.2) is 11.8 Å². The number of benzene rings is 1. The number of aromatic nitrogens is 1. The molecule has 3 rings (SSSR count). The van der Waals surface area contributed by atoms with Crippen LogP contribution in [-0.2, 0) is 10.3 Å². The van der Waals surface area contributed by atoms with Gasteiger partial charge in [0, 0.05) is 18.3 Å². The minimum absolute atomic E-state index is 0.540. The molecule has 0 N–H and O–H groups in total. The van der Waals surface area contributed by atoms with E-state index in [0.717, 1.165) is 22.9 Å². The minimum atomic E-state index is -0.735. The summed E-state index contributed by atoms with van der Waals surface area (Å²) in [6, 6.07) is 7.68. The van der Waals surface area contributed by atoms with Crippen molar-refractivity contribution in [1.82, 2.24) is 9.58 Å². The van der Waals surface area contributed by atoms with Crippen LogP contribution in [0.5, 0.6) is 0 Å². The van der Waals surface area contributed by atoms with Crippen LogP contribution in [0.2, 0.25) is 5.02 Å². The van der Waals surface area contributed by atoms with E-state index in [-0.39, 0.29) is 0 Å². The summed E-state index contributed by atoms with van der Waals surface area (Å²) in [5.41, 5.74) is 1.01. The Morgan fingerprint density at radius 1 is 1.42 bits per heavy atom. The van der Waals surface area contributed by atoms with Crippen LogP contribution >= 0.6 is 11.6 Å². The largest absolute Gasteiger partial charge is 0.328 e. The van der Waals surface area contributed by atoms with Gasteiger partial charge in [-0.3, -0.25) is 5.01 Å². The third-order valence-corrected chi connectivity index (χ3v) is 3.93. The van der Waals surface area contributed by atoms with Gasteiger partial charge in [-0.2, -0.15) is 5.10 Å². The lowest BCUT2D eigenvalue weighted by Crippen LogP contribution is -2.44. The first-order valence-electron chi connectivity index (χ1n) is 6.07. The standard InChI is InChI=1S/C14H14ClN3O/c1-10-14(9-19,8-17(2)16-10)18-6-5-11-3-4-12(15)7-13(11)18/h3-7,9H,8H2,1-2H3. The summed E-state index contributed by atoms with van der Waals surface area (Å²) in [6.45, 7) is 2.42. The number of likely N-dealkylation sites (N-methyl/N-ethyl adjacent to an activating group) is 1. The SMILES string of the molecule is CC1=NN(C)CC1(C=O)n1ccc2ccc(Cl)cc21. The summed E-state index contributed by atoms with van der Waals surface area (Å²) >= 11 is 6.07. The van der Waals surface area contributed by atoms with Gasteiger partial charge >= 0.3 is 0 Å². The van der Waals surface area contributed by atoms with Gasteiger partial charge in [-0.1, -0.05) is 17.7 Å². The average Bonchev–Trinajstić information content (AvgIpc) is 2.90. The Bertz CT molecular complexity index is 691. The van der Waals surface area contributed by atoms with Crippen LogP contribution in [-0.4, -0.2) is 35.2 Å². The predicted molar refractivity (Wildman–Crippen MR) is 76.7 cm³/mol. The van der Waals surface area contributed by atoms with Gasteiger partial charge in [0.05, 0.1) is 17.8 Å². The van der Waals surface area contributed by atoms with Crippen LogP contribution < -0.4 is 0 Å². The minimum Gasteiger partial charge on any atom is -0.328 e. The van der Waals surface area contributed by atoms with Gasteiger partial charge < -0.3 is 9.36 Å². The highest BCUT2D eigenvalue weighted by Gasteiger charge is 2.41. The van der Waals surface area contributed by atoms with E-state index in [1.165, 1.54) is 0 Å². The monoisotopic (exact) mass is 275 g/mol. The molecule has 0 spiro atoms. The first kappa shape index (κ1) is 12.2. The molecule has 0 bridgehead atoms. The summed E-state index contributed by atoms with van der Waals surface area (Å²) in [7, 11) is 1.87. The third kappa shape index (κ3) is 1.67. The summed E-state index contributed by atoms with van der Waals surface area (Å²) in [4.78, 5) is 11.8. The second kappa shape index (κ2) is 4.10. The van der Waals surface area contributed by atoms with Gasteiger partial charge in [0.2, 0.25) is 0 Å². The summed E-state index contributed by atoms with van der Waals surface area (Å²) in [5.74, 6) is 0. The molecular formula is C14H14ClN3O. The number of fused-ring (bicyclic) bond motifs is 1. The molecule has 98 valence electrons.